The van der Waals surface area contributed by atoms with Crippen LogP contribution in [0.15, 0.2) is 41.7 Å². The summed E-state index contributed by atoms with van der Waals surface area (Å²) in [6, 6.07) is 8.17. The zero-order valence-corrected chi connectivity index (χ0v) is 17.9. The molecule has 150 valence electrons. The average Bonchev–Trinajstić information content (AvgIpc) is 3.10. The second kappa shape index (κ2) is 8.79. The molecule has 7 nitrogen and oxygen atoms in total. The summed E-state index contributed by atoms with van der Waals surface area (Å²) in [5.74, 6) is 0.628. The van der Waals surface area contributed by atoms with Gasteiger partial charge in [-0.05, 0) is 48.9 Å². The van der Waals surface area contributed by atoms with Gasteiger partial charge in [0.2, 0.25) is 11.9 Å². The fourth-order valence-corrected chi connectivity index (χ4v) is 4.46. The van der Waals surface area contributed by atoms with Crippen LogP contribution in [0.3, 0.4) is 0 Å². The van der Waals surface area contributed by atoms with E-state index in [1.807, 2.05) is 23.4 Å². The normalized spacial score (nSPS) is 14.4. The van der Waals surface area contributed by atoms with E-state index >= 15 is 0 Å². The number of anilines is 3. The van der Waals surface area contributed by atoms with Crippen LogP contribution in [-0.4, -0.2) is 46.7 Å². The molecule has 4 rings (SSSR count). The maximum Gasteiger partial charge on any atom is 0.239 e. The van der Waals surface area contributed by atoms with Crippen molar-refractivity contribution in [1.82, 2.24) is 20.3 Å². The van der Waals surface area contributed by atoms with E-state index in [2.05, 4.69) is 50.7 Å². The molecule has 1 fully saturated rings. The van der Waals surface area contributed by atoms with Crippen LogP contribution >= 0.6 is 23.1 Å². The van der Waals surface area contributed by atoms with Crippen LogP contribution in [0.4, 0.5) is 16.8 Å². The van der Waals surface area contributed by atoms with Crippen LogP contribution in [0.1, 0.15) is 12.0 Å². The minimum absolute atomic E-state index is 0.0498. The predicted molar refractivity (Wildman–Crippen MR) is 119 cm³/mol. The largest absolute Gasteiger partial charge is 0.354 e. The summed E-state index contributed by atoms with van der Waals surface area (Å²) in [5, 5.41) is 8.00. The van der Waals surface area contributed by atoms with Gasteiger partial charge in [-0.1, -0.05) is 17.4 Å². The molecular formula is C20H22N6OS2. The first-order chi connectivity index (χ1) is 14.1. The molecule has 0 spiro atoms. The first-order valence-electron chi connectivity index (χ1n) is 9.34. The minimum Gasteiger partial charge on any atom is -0.354 e. The second-order valence-electron chi connectivity index (χ2n) is 6.77. The third-order valence-electron chi connectivity index (χ3n) is 4.48. The molecule has 0 unspecified atom stereocenters. The number of nitrogens with zero attached hydrogens (tertiary/aromatic N) is 4. The Kier molecular flexibility index (Phi) is 5.96. The number of aryl methyl sites for hydroxylation is 1. The highest BCUT2D eigenvalue weighted by Gasteiger charge is 2.18. The third kappa shape index (κ3) is 4.86. The minimum atomic E-state index is 0.0498. The van der Waals surface area contributed by atoms with Gasteiger partial charge in [-0.15, -0.1) is 11.8 Å². The lowest BCUT2D eigenvalue weighted by molar-refractivity contribution is -0.119. The van der Waals surface area contributed by atoms with Crippen LogP contribution in [0, 0.1) is 6.92 Å². The van der Waals surface area contributed by atoms with E-state index in [9.17, 15) is 4.79 Å². The fourth-order valence-electron chi connectivity index (χ4n) is 3.16. The van der Waals surface area contributed by atoms with Crippen LogP contribution in [0.25, 0.3) is 10.4 Å². The molecule has 0 atom stereocenters. The van der Waals surface area contributed by atoms with E-state index < -0.39 is 0 Å². The van der Waals surface area contributed by atoms with Gasteiger partial charge in [0.1, 0.15) is 5.03 Å². The molecule has 1 saturated heterocycles. The van der Waals surface area contributed by atoms with Crippen molar-refractivity contribution in [2.75, 3.05) is 36.1 Å². The maximum absolute atomic E-state index is 11.9. The first-order valence-corrected chi connectivity index (χ1v) is 11.4. The average molecular weight is 427 g/mol. The molecular weight excluding hydrogens is 404 g/mol. The Morgan fingerprint density at radius 2 is 2.17 bits per heavy atom. The molecule has 1 aliphatic heterocycles. The molecule has 29 heavy (non-hydrogen) atoms. The number of rotatable bonds is 5. The van der Waals surface area contributed by atoms with Crippen molar-refractivity contribution in [1.29, 1.82) is 0 Å². The van der Waals surface area contributed by atoms with E-state index in [-0.39, 0.29) is 5.91 Å². The summed E-state index contributed by atoms with van der Waals surface area (Å²) >= 11 is 3.19. The second-order valence-corrected chi connectivity index (χ2v) is 8.60. The molecule has 0 bridgehead atoms. The highest BCUT2D eigenvalue weighted by atomic mass is 32.2. The zero-order valence-electron chi connectivity index (χ0n) is 16.3. The van der Waals surface area contributed by atoms with E-state index in [1.54, 1.807) is 29.3 Å². The number of thiazole rings is 1. The number of nitrogens with one attached hydrogen (secondary N) is 2. The summed E-state index contributed by atoms with van der Waals surface area (Å²) < 4.78 is 0. The molecule has 0 saturated carbocycles. The van der Waals surface area contributed by atoms with Crippen molar-refractivity contribution in [3.8, 4) is 10.4 Å². The summed E-state index contributed by atoms with van der Waals surface area (Å²) in [6.45, 7) is 3.97. The smallest absolute Gasteiger partial charge is 0.239 e. The topological polar surface area (TPSA) is 83.0 Å². The van der Waals surface area contributed by atoms with Gasteiger partial charge in [0.15, 0.2) is 5.13 Å². The van der Waals surface area contributed by atoms with Gasteiger partial charge in [0, 0.05) is 31.2 Å². The molecule has 2 aromatic heterocycles. The number of benzene rings is 1. The lowest BCUT2D eigenvalue weighted by atomic mass is 10.1. The number of hydrogen-bond acceptors (Lipinski definition) is 8. The Morgan fingerprint density at radius 1 is 1.28 bits per heavy atom. The Hall–Kier alpha value is -2.65. The van der Waals surface area contributed by atoms with E-state index in [4.69, 9.17) is 0 Å². The van der Waals surface area contributed by atoms with E-state index in [0.29, 0.717) is 12.5 Å². The predicted octanol–water partition coefficient (Wildman–Crippen LogP) is 3.70. The van der Waals surface area contributed by atoms with Gasteiger partial charge in [-0.2, -0.15) is 0 Å². The van der Waals surface area contributed by atoms with Crippen molar-refractivity contribution in [2.45, 2.75) is 18.4 Å². The van der Waals surface area contributed by atoms with Gasteiger partial charge in [-0.3, -0.25) is 4.79 Å². The number of amides is 1. The van der Waals surface area contributed by atoms with Gasteiger partial charge in [0.25, 0.3) is 0 Å². The molecule has 9 heteroatoms. The Balaban J connectivity index is 1.57. The monoisotopic (exact) mass is 426 g/mol. The molecule has 3 aromatic rings. The van der Waals surface area contributed by atoms with Crippen molar-refractivity contribution in [3.63, 3.8) is 0 Å². The van der Waals surface area contributed by atoms with E-state index in [0.717, 1.165) is 51.4 Å². The van der Waals surface area contributed by atoms with Crippen molar-refractivity contribution < 1.29 is 4.79 Å². The van der Waals surface area contributed by atoms with Crippen LogP contribution in [0.5, 0.6) is 0 Å². The highest BCUT2D eigenvalue weighted by Crippen LogP contribution is 2.34. The number of carbonyl (C=O) groups excluding carboxylic acids is 1. The number of carbonyl (C=O) groups is 1. The summed E-state index contributed by atoms with van der Waals surface area (Å²) in [7, 11) is 0. The summed E-state index contributed by atoms with van der Waals surface area (Å²) in [5.41, 5.74) is 3.15. The molecule has 2 N–H and O–H groups in total. The van der Waals surface area contributed by atoms with Gasteiger partial charge in [-0.25, -0.2) is 15.0 Å². The molecule has 1 aromatic carbocycles. The SMILES string of the molecule is CSc1ccnc(Nc2cc(C)cc(-c3cnc(N4CCCNC(=O)C4)s3)c2)n1. The standard InChI is InChI=1S/C20H22N6OS2/c1-13-8-14(10-15(9-13)24-19-22-6-4-18(25-19)28-2)16-11-23-20(29-16)26-7-3-5-21-17(27)12-26/h4,6,8-11H,3,5,7,12H2,1-2H3,(H,21,27)(H,22,24,25). The van der Waals surface area contributed by atoms with Gasteiger partial charge < -0.3 is 15.5 Å². The summed E-state index contributed by atoms with van der Waals surface area (Å²) in [6.07, 6.45) is 6.55. The highest BCUT2D eigenvalue weighted by molar-refractivity contribution is 7.98. The van der Waals surface area contributed by atoms with Crippen LogP contribution in [0.2, 0.25) is 0 Å². The lowest BCUT2D eigenvalue weighted by Gasteiger charge is -2.17. The van der Waals surface area contributed by atoms with Gasteiger partial charge >= 0.3 is 0 Å². The molecule has 1 aliphatic rings. The first kappa shape index (κ1) is 19.7. The van der Waals surface area contributed by atoms with Crippen LogP contribution < -0.4 is 15.5 Å². The number of hydrogen-bond donors (Lipinski definition) is 2. The third-order valence-corrected chi connectivity index (χ3v) is 6.24. The number of thioether (sulfide) groups is 1. The summed E-state index contributed by atoms with van der Waals surface area (Å²) in [4.78, 5) is 28.3. The molecule has 1 amide bonds. The van der Waals surface area contributed by atoms with Crippen molar-refractivity contribution in [3.05, 3.63) is 42.2 Å². The number of aromatic nitrogens is 3. The Bertz CT molecular complexity index is 1020. The maximum atomic E-state index is 11.9. The molecule has 0 aliphatic carbocycles. The van der Waals surface area contributed by atoms with Crippen LogP contribution in [-0.2, 0) is 4.79 Å². The quantitative estimate of drug-likeness (QED) is 0.475. The van der Waals surface area contributed by atoms with Crippen molar-refractivity contribution >= 4 is 45.8 Å². The Morgan fingerprint density at radius 3 is 3.03 bits per heavy atom. The molecule has 3 heterocycles. The van der Waals surface area contributed by atoms with Gasteiger partial charge in [0.05, 0.1) is 11.4 Å². The van der Waals surface area contributed by atoms with E-state index in [1.165, 1.54) is 0 Å². The molecule has 0 radical (unpaired) electrons. The van der Waals surface area contributed by atoms with Crippen molar-refractivity contribution in [2.24, 2.45) is 0 Å². The lowest BCUT2D eigenvalue weighted by Crippen LogP contribution is -2.32. The fraction of sp³-hybridized carbons (Fsp3) is 0.300. The zero-order chi connectivity index (χ0) is 20.2. The Labute approximate surface area is 178 Å².